The molecule has 0 aliphatic carbocycles. The maximum atomic E-state index is 10.3. The number of rotatable bonds is 3. The van der Waals surface area contributed by atoms with E-state index in [2.05, 4.69) is 38.8 Å². The van der Waals surface area contributed by atoms with Crippen LogP contribution in [0.2, 0.25) is 0 Å². The van der Waals surface area contributed by atoms with Crippen LogP contribution in [0.15, 0.2) is 95.0 Å². The zero-order chi connectivity index (χ0) is 22.5. The van der Waals surface area contributed by atoms with E-state index in [1.807, 2.05) is 43.3 Å². The van der Waals surface area contributed by atoms with Gasteiger partial charge in [0, 0.05) is 38.2 Å². The summed E-state index contributed by atoms with van der Waals surface area (Å²) in [6.07, 6.45) is 1.66. The molecule has 6 heteroatoms. The molecule has 0 atom stereocenters. The SMILES string of the molecule is [2H]c1ccnc(-n2c3[c-]c(Sc4ccc5cc(C)cc(O)c5n4)ccc3c3ccccc32)c1.[Pt]. The van der Waals surface area contributed by atoms with Crippen molar-refractivity contribution < 1.29 is 27.5 Å². The Morgan fingerprint density at radius 2 is 1.88 bits per heavy atom. The Bertz CT molecular complexity index is 1700. The molecule has 3 aromatic carbocycles. The number of hydrogen-bond donors (Lipinski definition) is 1. The minimum atomic E-state index is 0. The normalized spacial score (nSPS) is 11.6. The molecule has 3 aromatic heterocycles. The number of phenols is 1. The van der Waals surface area contributed by atoms with Gasteiger partial charge in [0.25, 0.3) is 0 Å². The van der Waals surface area contributed by atoms with Gasteiger partial charge in [-0.25, -0.2) is 9.97 Å². The third kappa shape index (κ3) is 3.82. The predicted octanol–water partition coefficient (Wildman–Crippen LogP) is 6.69. The second-order valence-electron chi connectivity index (χ2n) is 7.66. The fourth-order valence-corrected chi connectivity index (χ4v) is 4.91. The van der Waals surface area contributed by atoms with Gasteiger partial charge in [-0.1, -0.05) is 46.4 Å². The molecule has 0 fully saturated rings. The summed E-state index contributed by atoms with van der Waals surface area (Å²) >= 11 is 1.50. The molecule has 6 rings (SSSR count). The molecule has 164 valence electrons. The Balaban J connectivity index is 0.00000241. The van der Waals surface area contributed by atoms with E-state index in [0.717, 1.165) is 42.7 Å². The van der Waals surface area contributed by atoms with Gasteiger partial charge in [0.1, 0.15) is 17.1 Å². The minimum Gasteiger partial charge on any atom is -0.506 e. The summed E-state index contributed by atoms with van der Waals surface area (Å²) in [5.41, 5.74) is 3.52. The molecule has 1 N–H and O–H groups in total. The quantitative estimate of drug-likeness (QED) is 0.222. The van der Waals surface area contributed by atoms with E-state index < -0.39 is 0 Å². The van der Waals surface area contributed by atoms with Crippen molar-refractivity contribution in [3.8, 4) is 11.6 Å². The monoisotopic (exact) mass is 628 g/mol. The van der Waals surface area contributed by atoms with Crippen LogP contribution in [0.25, 0.3) is 38.5 Å². The first-order valence-electron chi connectivity index (χ1n) is 10.7. The maximum Gasteiger partial charge on any atom is 0.142 e. The number of aryl methyl sites for hydroxylation is 1. The first-order chi connectivity index (χ1) is 16.1. The zero-order valence-electron chi connectivity index (χ0n) is 18.5. The van der Waals surface area contributed by atoms with Crippen LogP contribution in [-0.4, -0.2) is 19.6 Å². The number of fused-ring (bicyclic) bond motifs is 4. The number of benzene rings is 3. The fraction of sp³-hybridized carbons (Fsp3) is 0.0370. The second-order valence-corrected chi connectivity index (χ2v) is 8.72. The van der Waals surface area contributed by atoms with Gasteiger partial charge in [0.15, 0.2) is 0 Å². The van der Waals surface area contributed by atoms with Crippen LogP contribution in [0.4, 0.5) is 0 Å². The third-order valence-corrected chi connectivity index (χ3v) is 6.38. The van der Waals surface area contributed by atoms with Gasteiger partial charge in [0.2, 0.25) is 0 Å². The molecule has 0 bridgehead atoms. The molecule has 0 radical (unpaired) electrons. The van der Waals surface area contributed by atoms with Gasteiger partial charge < -0.3 is 9.67 Å². The van der Waals surface area contributed by atoms with E-state index in [4.69, 9.17) is 1.37 Å². The van der Waals surface area contributed by atoms with E-state index in [1.54, 1.807) is 24.4 Å². The van der Waals surface area contributed by atoms with Gasteiger partial charge in [-0.2, -0.15) is 12.1 Å². The summed E-state index contributed by atoms with van der Waals surface area (Å²) in [4.78, 5) is 10.1. The van der Waals surface area contributed by atoms with Gasteiger partial charge in [-0.3, -0.25) is 0 Å². The molecule has 4 nitrogen and oxygen atoms in total. The molecule has 3 heterocycles. The van der Waals surface area contributed by atoms with Crippen molar-refractivity contribution in [1.82, 2.24) is 14.5 Å². The number of aromatic nitrogens is 3. The Morgan fingerprint density at radius 1 is 1.00 bits per heavy atom. The molecule has 0 spiro atoms. The molecule has 33 heavy (non-hydrogen) atoms. The van der Waals surface area contributed by atoms with Crippen molar-refractivity contribution in [3.05, 3.63) is 96.7 Å². The molecule has 6 aromatic rings. The molecule has 0 aliphatic heterocycles. The van der Waals surface area contributed by atoms with Crippen LogP contribution in [0.3, 0.4) is 0 Å². The number of hydrogen-bond acceptors (Lipinski definition) is 4. The average Bonchev–Trinajstić information content (AvgIpc) is 3.13. The topological polar surface area (TPSA) is 50.9 Å². The summed E-state index contributed by atoms with van der Waals surface area (Å²) in [5, 5.41) is 14.2. The number of para-hydroxylation sites is 1. The van der Waals surface area contributed by atoms with Gasteiger partial charge in [-0.15, -0.1) is 11.5 Å². The van der Waals surface area contributed by atoms with E-state index >= 15 is 0 Å². The number of phenolic OH excluding ortho intramolecular Hbond substituents is 1. The molecule has 0 aliphatic rings. The summed E-state index contributed by atoms with van der Waals surface area (Å²) in [5.74, 6) is 0.879. The van der Waals surface area contributed by atoms with E-state index in [9.17, 15) is 5.11 Å². The fourth-order valence-electron chi connectivity index (χ4n) is 4.12. The number of pyridine rings is 2. The largest absolute Gasteiger partial charge is 0.506 e. The van der Waals surface area contributed by atoms with Crippen molar-refractivity contribution >= 4 is 44.5 Å². The standard InChI is InChI=1S/C27H18N3OS.Pt/c1-17-14-18-9-12-26(29-27(18)24(31)15-17)32-19-10-11-21-20-6-2-3-7-22(20)30(23(21)16-19)25-8-4-5-13-28-25;/h2-15,31H,1H3;/q-1;/i4D;. The Labute approximate surface area is 211 Å². The van der Waals surface area contributed by atoms with E-state index in [0.29, 0.717) is 17.4 Å². The average molecular weight is 629 g/mol. The van der Waals surface area contributed by atoms with E-state index in [-0.39, 0.29) is 26.8 Å². The predicted molar refractivity (Wildman–Crippen MR) is 130 cm³/mol. The summed E-state index contributed by atoms with van der Waals surface area (Å²) in [7, 11) is 0. The number of aromatic hydroxyl groups is 1. The van der Waals surface area contributed by atoms with Crippen LogP contribution in [0.5, 0.6) is 5.75 Å². The summed E-state index contributed by atoms with van der Waals surface area (Å²) in [6, 6.07) is 27.4. The van der Waals surface area contributed by atoms with Crippen LogP contribution in [0, 0.1) is 13.0 Å². The number of nitrogens with zero attached hydrogens (tertiary/aromatic N) is 3. The van der Waals surface area contributed by atoms with Gasteiger partial charge >= 0.3 is 0 Å². The van der Waals surface area contributed by atoms with Crippen molar-refractivity contribution in [3.63, 3.8) is 0 Å². The Kier molecular flexibility index (Phi) is 5.37. The van der Waals surface area contributed by atoms with Crippen molar-refractivity contribution in [2.24, 2.45) is 0 Å². The molecule has 0 amide bonds. The van der Waals surface area contributed by atoms with Gasteiger partial charge in [0.05, 0.1) is 6.40 Å². The molecule has 0 unspecified atom stereocenters. The third-order valence-electron chi connectivity index (χ3n) is 5.48. The maximum absolute atomic E-state index is 10.3. The first kappa shape index (κ1) is 20.5. The van der Waals surface area contributed by atoms with Crippen molar-refractivity contribution in [1.29, 1.82) is 0 Å². The smallest absolute Gasteiger partial charge is 0.142 e. The van der Waals surface area contributed by atoms with Crippen LogP contribution in [-0.2, 0) is 21.1 Å². The van der Waals surface area contributed by atoms with Crippen LogP contribution < -0.4 is 0 Å². The van der Waals surface area contributed by atoms with Crippen LogP contribution >= 0.6 is 11.8 Å². The van der Waals surface area contributed by atoms with Gasteiger partial charge in [-0.05, 0) is 60.3 Å². The minimum absolute atomic E-state index is 0. The molecule has 0 saturated heterocycles. The van der Waals surface area contributed by atoms with Crippen LogP contribution in [0.1, 0.15) is 6.93 Å². The van der Waals surface area contributed by atoms with E-state index in [1.165, 1.54) is 11.8 Å². The summed E-state index contributed by atoms with van der Waals surface area (Å²) < 4.78 is 10.1. The summed E-state index contributed by atoms with van der Waals surface area (Å²) in [6.45, 7) is 1.95. The molecular formula is C27H18N3OPtS-. The molecular weight excluding hydrogens is 609 g/mol. The zero-order valence-corrected chi connectivity index (χ0v) is 20.6. The van der Waals surface area contributed by atoms with Crippen molar-refractivity contribution in [2.45, 2.75) is 16.8 Å². The Hall–Kier alpha value is -3.14. The van der Waals surface area contributed by atoms with Crippen molar-refractivity contribution in [2.75, 3.05) is 0 Å². The Morgan fingerprint density at radius 3 is 2.76 bits per heavy atom. The first-order valence-corrected chi connectivity index (χ1v) is 11.1. The second kappa shape index (κ2) is 8.66. The molecule has 0 saturated carbocycles.